The van der Waals surface area contributed by atoms with Gasteiger partial charge in [0, 0.05) is 6.42 Å². The number of carboxylic acids is 3. The number of carboxylic acid groups (broad SMARTS) is 3. The summed E-state index contributed by atoms with van der Waals surface area (Å²) in [5, 5.41) is 33.3. The molecule has 13 nitrogen and oxygen atoms in total. The number of amides is 3. The Morgan fingerprint density at radius 3 is 1.70 bits per heavy atom. The average molecular weight is 432 g/mol. The fraction of sp³-hybridized carbons (Fsp3) is 0.647. The molecule has 0 saturated carbocycles. The van der Waals surface area contributed by atoms with Gasteiger partial charge in [-0.3, -0.25) is 24.0 Å². The van der Waals surface area contributed by atoms with E-state index in [2.05, 4.69) is 10.6 Å². The van der Waals surface area contributed by atoms with Gasteiger partial charge in [-0.2, -0.15) is 0 Å². The standard InChI is InChI=1S/C17H28N4O9/c1-7(2)13(21-14(26)8(3)18)16(28)19-9(4-5-11(22)23)15(27)20-10(17(29)30)6-12(24)25/h7-10,13H,4-6,18H2,1-3H3,(H,19,28)(H,20,27)(H,21,26)(H,22,23)(H,24,25)(H,29,30). The van der Waals surface area contributed by atoms with Crippen LogP contribution in [0.1, 0.15) is 40.0 Å². The van der Waals surface area contributed by atoms with Crippen LogP contribution in [0.15, 0.2) is 0 Å². The summed E-state index contributed by atoms with van der Waals surface area (Å²) in [6.07, 6.45) is -1.84. The molecule has 4 atom stereocenters. The second-order valence-electron chi connectivity index (χ2n) is 7.01. The zero-order valence-electron chi connectivity index (χ0n) is 16.9. The Labute approximate surface area is 172 Å². The predicted octanol–water partition coefficient (Wildman–Crippen LogP) is -2.13. The summed E-state index contributed by atoms with van der Waals surface area (Å²) in [5.74, 6) is -7.29. The van der Waals surface area contributed by atoms with Gasteiger partial charge in [0.2, 0.25) is 17.7 Å². The number of hydrogen-bond acceptors (Lipinski definition) is 7. The lowest BCUT2D eigenvalue weighted by molar-refractivity contribution is -0.147. The van der Waals surface area contributed by atoms with Gasteiger partial charge < -0.3 is 37.0 Å². The molecule has 0 aromatic heterocycles. The quantitative estimate of drug-likeness (QED) is 0.167. The van der Waals surface area contributed by atoms with Crippen LogP contribution in [0.4, 0.5) is 0 Å². The van der Waals surface area contributed by atoms with Gasteiger partial charge in [0.05, 0.1) is 12.5 Å². The van der Waals surface area contributed by atoms with E-state index in [0.29, 0.717) is 0 Å². The van der Waals surface area contributed by atoms with Crippen molar-refractivity contribution in [2.75, 3.05) is 0 Å². The fourth-order valence-electron chi connectivity index (χ4n) is 2.26. The number of nitrogens with two attached hydrogens (primary N) is 1. The lowest BCUT2D eigenvalue weighted by Gasteiger charge is -2.26. The molecular weight excluding hydrogens is 404 g/mol. The van der Waals surface area contributed by atoms with E-state index in [-0.39, 0.29) is 0 Å². The lowest BCUT2D eigenvalue weighted by Crippen LogP contribution is -2.58. The third-order valence-electron chi connectivity index (χ3n) is 3.93. The number of hydrogen-bond donors (Lipinski definition) is 7. The summed E-state index contributed by atoms with van der Waals surface area (Å²) >= 11 is 0. The number of carbonyl (C=O) groups excluding carboxylic acids is 3. The Kier molecular flexibility index (Phi) is 11.0. The maximum atomic E-state index is 12.6. The summed E-state index contributed by atoms with van der Waals surface area (Å²) in [7, 11) is 0. The first-order chi connectivity index (χ1) is 13.8. The van der Waals surface area contributed by atoms with Crippen molar-refractivity contribution in [1.29, 1.82) is 0 Å². The van der Waals surface area contributed by atoms with E-state index in [1.807, 2.05) is 5.32 Å². The molecule has 0 aromatic rings. The first-order valence-corrected chi connectivity index (χ1v) is 9.09. The highest BCUT2D eigenvalue weighted by Crippen LogP contribution is 2.06. The third-order valence-corrected chi connectivity index (χ3v) is 3.93. The zero-order chi connectivity index (χ0) is 23.6. The van der Waals surface area contributed by atoms with Crippen LogP contribution in [0.25, 0.3) is 0 Å². The summed E-state index contributed by atoms with van der Waals surface area (Å²) in [6, 6.07) is -5.26. The number of aliphatic carboxylic acids is 3. The summed E-state index contributed by atoms with van der Waals surface area (Å²) in [6.45, 7) is 4.64. The monoisotopic (exact) mass is 432 g/mol. The van der Waals surface area contributed by atoms with Gasteiger partial charge in [0.1, 0.15) is 18.1 Å². The molecule has 0 saturated heterocycles. The maximum Gasteiger partial charge on any atom is 0.326 e. The van der Waals surface area contributed by atoms with Crippen LogP contribution in [0, 0.1) is 5.92 Å². The minimum Gasteiger partial charge on any atom is -0.481 e. The molecule has 13 heteroatoms. The minimum absolute atomic E-state index is 0.391. The maximum absolute atomic E-state index is 12.6. The average Bonchev–Trinajstić information content (AvgIpc) is 2.60. The first-order valence-electron chi connectivity index (χ1n) is 9.09. The zero-order valence-corrected chi connectivity index (χ0v) is 16.9. The molecule has 30 heavy (non-hydrogen) atoms. The van der Waals surface area contributed by atoms with Crippen molar-refractivity contribution in [3.63, 3.8) is 0 Å². The second kappa shape index (κ2) is 12.4. The molecule has 3 amide bonds. The van der Waals surface area contributed by atoms with Gasteiger partial charge in [-0.05, 0) is 19.3 Å². The van der Waals surface area contributed by atoms with Crippen LogP contribution in [-0.2, 0) is 28.8 Å². The Bertz CT molecular complexity index is 678. The van der Waals surface area contributed by atoms with Crippen LogP contribution >= 0.6 is 0 Å². The van der Waals surface area contributed by atoms with Crippen molar-refractivity contribution in [3.8, 4) is 0 Å². The Morgan fingerprint density at radius 2 is 1.30 bits per heavy atom. The molecule has 4 unspecified atom stereocenters. The second-order valence-corrected chi connectivity index (χ2v) is 7.01. The van der Waals surface area contributed by atoms with Crippen LogP contribution in [-0.4, -0.2) is 75.1 Å². The molecule has 0 bridgehead atoms. The Morgan fingerprint density at radius 1 is 0.767 bits per heavy atom. The van der Waals surface area contributed by atoms with Crippen LogP contribution < -0.4 is 21.7 Å². The van der Waals surface area contributed by atoms with Gasteiger partial charge in [0.15, 0.2) is 0 Å². The van der Waals surface area contributed by atoms with E-state index in [0.717, 1.165) is 0 Å². The largest absolute Gasteiger partial charge is 0.481 e. The summed E-state index contributed by atoms with van der Waals surface area (Å²) < 4.78 is 0. The van der Waals surface area contributed by atoms with Gasteiger partial charge in [0.25, 0.3) is 0 Å². The first kappa shape index (κ1) is 26.8. The topological polar surface area (TPSA) is 225 Å². The molecule has 0 aliphatic heterocycles. The molecule has 0 spiro atoms. The summed E-state index contributed by atoms with van der Waals surface area (Å²) in [5.41, 5.74) is 5.46. The van der Waals surface area contributed by atoms with Gasteiger partial charge in [-0.1, -0.05) is 13.8 Å². The van der Waals surface area contributed by atoms with E-state index >= 15 is 0 Å². The van der Waals surface area contributed by atoms with E-state index in [1.165, 1.54) is 6.92 Å². The minimum atomic E-state index is -1.78. The number of carbonyl (C=O) groups is 6. The van der Waals surface area contributed by atoms with Gasteiger partial charge >= 0.3 is 17.9 Å². The van der Waals surface area contributed by atoms with Crippen molar-refractivity contribution in [2.24, 2.45) is 11.7 Å². The van der Waals surface area contributed by atoms with Gasteiger partial charge in [-0.15, -0.1) is 0 Å². The molecule has 0 rings (SSSR count). The number of nitrogens with one attached hydrogen (secondary N) is 3. The SMILES string of the molecule is CC(N)C(=O)NC(C(=O)NC(CCC(=O)O)C(=O)NC(CC(=O)O)C(=O)O)C(C)C. The van der Waals surface area contributed by atoms with Crippen molar-refractivity contribution in [2.45, 2.75) is 64.2 Å². The fourth-order valence-corrected chi connectivity index (χ4v) is 2.26. The number of rotatable bonds is 13. The molecule has 0 radical (unpaired) electrons. The molecule has 0 fully saturated rings. The highest BCUT2D eigenvalue weighted by molar-refractivity contribution is 5.94. The predicted molar refractivity (Wildman–Crippen MR) is 101 cm³/mol. The van der Waals surface area contributed by atoms with Gasteiger partial charge in [-0.25, -0.2) is 4.79 Å². The lowest BCUT2D eigenvalue weighted by atomic mass is 10.0. The molecule has 8 N–H and O–H groups in total. The van der Waals surface area contributed by atoms with Crippen molar-refractivity contribution < 1.29 is 44.1 Å². The highest BCUT2D eigenvalue weighted by atomic mass is 16.4. The van der Waals surface area contributed by atoms with Crippen molar-refractivity contribution in [3.05, 3.63) is 0 Å². The van der Waals surface area contributed by atoms with Crippen molar-refractivity contribution in [1.82, 2.24) is 16.0 Å². The smallest absolute Gasteiger partial charge is 0.326 e. The van der Waals surface area contributed by atoms with Crippen LogP contribution in [0.5, 0.6) is 0 Å². The molecular formula is C17H28N4O9. The Hall–Kier alpha value is -3.22. The molecule has 0 aliphatic rings. The van der Waals surface area contributed by atoms with Crippen molar-refractivity contribution >= 4 is 35.6 Å². The highest BCUT2D eigenvalue weighted by Gasteiger charge is 2.32. The summed E-state index contributed by atoms with van der Waals surface area (Å²) in [4.78, 5) is 69.6. The van der Waals surface area contributed by atoms with Crippen LogP contribution in [0.3, 0.4) is 0 Å². The third kappa shape index (κ3) is 9.82. The molecule has 0 aromatic carbocycles. The van der Waals surface area contributed by atoms with E-state index in [1.54, 1.807) is 13.8 Å². The molecule has 170 valence electrons. The molecule has 0 heterocycles. The van der Waals surface area contributed by atoms with E-state index in [9.17, 15) is 28.8 Å². The normalized spacial score (nSPS) is 14.7. The van der Waals surface area contributed by atoms with Crippen LogP contribution in [0.2, 0.25) is 0 Å². The van der Waals surface area contributed by atoms with E-state index < -0.39 is 85.0 Å². The molecule has 0 aliphatic carbocycles. The Balaban J connectivity index is 5.47. The van der Waals surface area contributed by atoms with E-state index in [4.69, 9.17) is 21.1 Å².